The van der Waals surface area contributed by atoms with Gasteiger partial charge < -0.3 is 15.8 Å². The maximum atomic E-state index is 11.4. The molecule has 0 aliphatic rings. The van der Waals surface area contributed by atoms with Crippen LogP contribution in [0.15, 0.2) is 11.8 Å². The van der Waals surface area contributed by atoms with E-state index < -0.39 is 11.9 Å². The number of carbonyl (C=O) groups is 2. The van der Waals surface area contributed by atoms with Crippen molar-refractivity contribution in [3.63, 3.8) is 0 Å². The number of aldehydes is 1. The molecule has 4 nitrogen and oxygen atoms in total. The average molecular weight is 228 g/mol. The number of carbonyl (C=O) groups excluding carboxylic acids is 2. The molecule has 0 aliphatic carbocycles. The number of rotatable bonds is 5. The molecule has 0 aliphatic heterocycles. The first-order valence-electron chi connectivity index (χ1n) is 4.62. The van der Waals surface area contributed by atoms with Crippen LogP contribution < -0.4 is 11.1 Å². The smallest absolute Gasteiger partial charge is 0.267 e. The molecule has 0 aromatic rings. The first kappa shape index (κ1) is 13.8. The topological polar surface area (TPSA) is 72.2 Å². The van der Waals surface area contributed by atoms with Crippen LogP contribution in [0, 0.1) is 5.92 Å². The summed E-state index contributed by atoms with van der Waals surface area (Å²) in [5.41, 5.74) is 5.49. The van der Waals surface area contributed by atoms with Crippen LogP contribution in [0.5, 0.6) is 0 Å². The molecule has 0 saturated carbocycles. The van der Waals surface area contributed by atoms with Gasteiger partial charge in [0.05, 0.1) is 11.7 Å². The average Bonchev–Trinajstić information content (AvgIpc) is 2.11. The molecule has 0 rings (SSSR count). The number of nitrogens with two attached hydrogens (primary N) is 1. The van der Waals surface area contributed by atoms with E-state index >= 15 is 0 Å². The molecular weight excluding hydrogens is 212 g/mol. The van der Waals surface area contributed by atoms with E-state index in [0.29, 0.717) is 11.2 Å². The van der Waals surface area contributed by atoms with E-state index in [0.717, 1.165) is 0 Å². The number of nitrogens with one attached hydrogen (secondary N) is 1. The molecule has 0 fully saturated rings. The van der Waals surface area contributed by atoms with Crippen LogP contribution in [0.3, 0.4) is 0 Å². The molecule has 1 unspecified atom stereocenters. The van der Waals surface area contributed by atoms with E-state index in [1.54, 1.807) is 6.92 Å². The van der Waals surface area contributed by atoms with Gasteiger partial charge in [-0.15, -0.1) is 0 Å². The molecule has 84 valence electrons. The molecule has 1 atom stereocenters. The molecule has 0 heterocycles. The molecular formula is C10H16N2O2S. The molecule has 3 N–H and O–H groups in total. The van der Waals surface area contributed by atoms with Crippen molar-refractivity contribution in [2.24, 2.45) is 11.7 Å². The van der Waals surface area contributed by atoms with Crippen LogP contribution in [0.4, 0.5) is 0 Å². The lowest BCUT2D eigenvalue weighted by Crippen LogP contribution is -2.41. The normalized spacial score (nSPS) is 13.5. The minimum atomic E-state index is -0.519. The number of thiocarbonyl (C=S) groups is 1. The largest absolute Gasteiger partial charge is 0.394 e. The highest BCUT2D eigenvalue weighted by atomic mass is 32.1. The van der Waals surface area contributed by atoms with E-state index in [4.69, 9.17) is 18.0 Å². The van der Waals surface area contributed by atoms with Gasteiger partial charge in [-0.05, 0) is 18.9 Å². The monoisotopic (exact) mass is 228 g/mol. The van der Waals surface area contributed by atoms with Crippen LogP contribution in [0.25, 0.3) is 0 Å². The Morgan fingerprint density at radius 3 is 2.33 bits per heavy atom. The minimum absolute atomic E-state index is 0.0231. The maximum Gasteiger partial charge on any atom is 0.267 e. The summed E-state index contributed by atoms with van der Waals surface area (Å²) < 4.78 is 0. The number of hydrogen-bond donors (Lipinski definition) is 2. The van der Waals surface area contributed by atoms with Crippen molar-refractivity contribution in [1.82, 2.24) is 5.32 Å². The highest BCUT2D eigenvalue weighted by molar-refractivity contribution is 7.80. The zero-order chi connectivity index (χ0) is 12.0. The first-order valence-corrected chi connectivity index (χ1v) is 5.03. The fourth-order valence-corrected chi connectivity index (χ4v) is 1.00. The van der Waals surface area contributed by atoms with Crippen molar-refractivity contribution in [1.29, 1.82) is 0 Å². The van der Waals surface area contributed by atoms with Crippen molar-refractivity contribution in [3.8, 4) is 0 Å². The van der Waals surface area contributed by atoms with Crippen LogP contribution in [-0.2, 0) is 9.59 Å². The lowest BCUT2D eigenvalue weighted by atomic mass is 10.1. The van der Waals surface area contributed by atoms with Crippen LogP contribution in [0.1, 0.15) is 20.8 Å². The molecule has 0 bridgehead atoms. The lowest BCUT2D eigenvalue weighted by molar-refractivity contribution is -0.121. The van der Waals surface area contributed by atoms with Crippen LogP contribution >= 0.6 is 12.2 Å². The fraction of sp³-hybridized carbons (Fsp3) is 0.500. The summed E-state index contributed by atoms with van der Waals surface area (Å²) in [7, 11) is 0. The predicted octanol–water partition coefficient (Wildman–Crippen LogP) is 0.558. The van der Waals surface area contributed by atoms with E-state index in [9.17, 15) is 9.59 Å². The summed E-state index contributed by atoms with van der Waals surface area (Å²) in [6.45, 7) is 5.34. The second-order valence-corrected chi connectivity index (χ2v) is 4.23. The van der Waals surface area contributed by atoms with E-state index in [1.165, 1.54) is 6.08 Å². The summed E-state index contributed by atoms with van der Waals surface area (Å²) in [4.78, 5) is 22.6. The second kappa shape index (κ2) is 6.29. The third-order valence-electron chi connectivity index (χ3n) is 1.78. The predicted molar refractivity (Wildman–Crippen MR) is 63.4 cm³/mol. The summed E-state index contributed by atoms with van der Waals surface area (Å²) in [6.07, 6.45) is 2.09. The molecule has 1 amide bonds. The van der Waals surface area contributed by atoms with Gasteiger partial charge in [-0.1, -0.05) is 26.1 Å². The van der Waals surface area contributed by atoms with Crippen molar-refractivity contribution >= 4 is 29.3 Å². The van der Waals surface area contributed by atoms with Crippen molar-refractivity contribution in [2.45, 2.75) is 26.8 Å². The molecule has 0 radical (unpaired) electrons. The van der Waals surface area contributed by atoms with Gasteiger partial charge in [0, 0.05) is 4.86 Å². The molecule has 0 saturated heterocycles. The Balaban J connectivity index is 4.48. The Kier molecular flexibility index (Phi) is 5.77. The molecule has 0 spiro atoms. The Hall–Kier alpha value is -1.23. The summed E-state index contributed by atoms with van der Waals surface area (Å²) in [5.74, 6) is -0.433. The number of hydrogen-bond acceptors (Lipinski definition) is 4. The van der Waals surface area contributed by atoms with E-state index in [2.05, 4.69) is 5.32 Å². The molecule has 0 aromatic carbocycles. The van der Waals surface area contributed by atoms with Gasteiger partial charge in [-0.3, -0.25) is 4.79 Å². The van der Waals surface area contributed by atoms with Crippen molar-refractivity contribution in [2.75, 3.05) is 0 Å². The van der Waals surface area contributed by atoms with Gasteiger partial charge in [-0.25, -0.2) is 0 Å². The van der Waals surface area contributed by atoms with Gasteiger partial charge in [-0.2, -0.15) is 0 Å². The summed E-state index contributed by atoms with van der Waals surface area (Å²) in [6, 6.07) is -0.519. The van der Waals surface area contributed by atoms with Gasteiger partial charge in [0.1, 0.15) is 6.29 Å². The molecule has 0 aromatic heterocycles. The SMILES string of the molecule is CC(=S)/C=C(\N)C(=O)NC(C=O)C(C)C. The van der Waals surface area contributed by atoms with E-state index in [-0.39, 0.29) is 11.6 Å². The number of amides is 1. The van der Waals surface area contributed by atoms with Gasteiger partial charge in [0.25, 0.3) is 5.91 Å². The zero-order valence-corrected chi connectivity index (χ0v) is 9.93. The second-order valence-electron chi connectivity index (χ2n) is 3.59. The maximum absolute atomic E-state index is 11.4. The fourth-order valence-electron chi connectivity index (χ4n) is 0.877. The van der Waals surface area contributed by atoms with E-state index in [1.807, 2.05) is 13.8 Å². The Labute approximate surface area is 94.9 Å². The molecule has 5 heteroatoms. The zero-order valence-electron chi connectivity index (χ0n) is 9.11. The van der Waals surface area contributed by atoms with Gasteiger partial charge in [0.2, 0.25) is 0 Å². The highest BCUT2D eigenvalue weighted by Crippen LogP contribution is 1.99. The Bertz CT molecular complexity index is 298. The Morgan fingerprint density at radius 2 is 2.00 bits per heavy atom. The first-order chi connectivity index (χ1) is 6.88. The molecule has 15 heavy (non-hydrogen) atoms. The summed E-state index contributed by atoms with van der Waals surface area (Å²) in [5, 5.41) is 2.51. The van der Waals surface area contributed by atoms with Crippen LogP contribution in [-0.4, -0.2) is 23.1 Å². The number of allylic oxidation sites excluding steroid dienone is 1. The lowest BCUT2D eigenvalue weighted by Gasteiger charge is -2.15. The van der Waals surface area contributed by atoms with Crippen molar-refractivity contribution < 1.29 is 9.59 Å². The van der Waals surface area contributed by atoms with Gasteiger partial charge in [0.15, 0.2) is 0 Å². The third-order valence-corrected chi connectivity index (χ3v) is 1.90. The quantitative estimate of drug-likeness (QED) is 0.410. The van der Waals surface area contributed by atoms with Gasteiger partial charge >= 0.3 is 0 Å². The minimum Gasteiger partial charge on any atom is -0.394 e. The van der Waals surface area contributed by atoms with Crippen LogP contribution in [0.2, 0.25) is 0 Å². The standard InChI is InChI=1S/C10H16N2O2S/c1-6(2)9(5-13)12-10(14)8(11)4-7(3)15/h4-6,9H,11H2,1-3H3,(H,12,14)/b8-4-. The Morgan fingerprint density at radius 1 is 1.47 bits per heavy atom. The third kappa shape index (κ3) is 5.27. The highest BCUT2D eigenvalue weighted by Gasteiger charge is 2.16. The summed E-state index contributed by atoms with van der Waals surface area (Å²) >= 11 is 4.78. The van der Waals surface area contributed by atoms with Crippen molar-refractivity contribution in [3.05, 3.63) is 11.8 Å².